The molecule has 1 fully saturated rings. The van der Waals surface area contributed by atoms with Gasteiger partial charge in [0.1, 0.15) is 0 Å². The molecule has 1 aromatic heterocycles. The quantitative estimate of drug-likeness (QED) is 0.774. The van der Waals surface area contributed by atoms with Crippen LogP contribution in [0.4, 0.5) is 10.5 Å². The van der Waals surface area contributed by atoms with E-state index in [9.17, 15) is 4.79 Å². The number of anilines is 1. The first kappa shape index (κ1) is 16.1. The van der Waals surface area contributed by atoms with Crippen molar-refractivity contribution in [3.05, 3.63) is 51.7 Å². The number of nitrogens with zero attached hydrogens (tertiary/aromatic N) is 1. The van der Waals surface area contributed by atoms with Gasteiger partial charge in [0, 0.05) is 17.1 Å². The lowest BCUT2D eigenvalue weighted by Crippen LogP contribution is -2.37. The van der Waals surface area contributed by atoms with Crippen LogP contribution in [0.1, 0.15) is 47.7 Å². The van der Waals surface area contributed by atoms with Gasteiger partial charge in [-0.1, -0.05) is 31.0 Å². The fourth-order valence-electron chi connectivity index (χ4n) is 3.20. The Morgan fingerprint density at radius 1 is 1.17 bits per heavy atom. The molecule has 122 valence electrons. The van der Waals surface area contributed by atoms with Gasteiger partial charge in [0.2, 0.25) is 0 Å². The number of thiophene rings is 1. The van der Waals surface area contributed by atoms with Gasteiger partial charge in [0.15, 0.2) is 0 Å². The molecule has 4 heteroatoms. The number of carbonyl (C=O) groups excluding carboxylic acids is 1. The highest BCUT2D eigenvalue weighted by atomic mass is 32.1. The van der Waals surface area contributed by atoms with Crippen LogP contribution in [0.25, 0.3) is 0 Å². The summed E-state index contributed by atoms with van der Waals surface area (Å²) in [4.78, 5) is 16.2. The highest BCUT2D eigenvalue weighted by Crippen LogP contribution is 2.33. The first-order valence-electron chi connectivity index (χ1n) is 8.34. The predicted molar refractivity (Wildman–Crippen MR) is 97.2 cm³/mol. The van der Waals surface area contributed by atoms with E-state index < -0.39 is 0 Å². The van der Waals surface area contributed by atoms with Crippen LogP contribution in [0.5, 0.6) is 0 Å². The summed E-state index contributed by atoms with van der Waals surface area (Å²) >= 11 is 1.75. The van der Waals surface area contributed by atoms with Gasteiger partial charge in [-0.15, -0.1) is 11.3 Å². The summed E-state index contributed by atoms with van der Waals surface area (Å²) < 4.78 is 0. The van der Waals surface area contributed by atoms with Gasteiger partial charge in [-0.05, 0) is 55.3 Å². The van der Waals surface area contributed by atoms with Crippen LogP contribution >= 0.6 is 11.3 Å². The lowest BCUT2D eigenvalue weighted by Gasteiger charge is -2.30. The molecule has 0 spiro atoms. The van der Waals surface area contributed by atoms with E-state index in [1.165, 1.54) is 23.3 Å². The van der Waals surface area contributed by atoms with Gasteiger partial charge in [-0.2, -0.15) is 0 Å². The molecule has 1 unspecified atom stereocenters. The molecule has 0 aliphatic carbocycles. The van der Waals surface area contributed by atoms with Crippen molar-refractivity contribution < 1.29 is 4.79 Å². The van der Waals surface area contributed by atoms with Crippen molar-refractivity contribution in [2.75, 3.05) is 11.9 Å². The van der Waals surface area contributed by atoms with E-state index in [-0.39, 0.29) is 12.1 Å². The second kappa shape index (κ2) is 7.18. The molecule has 1 aliphatic heterocycles. The molecule has 0 bridgehead atoms. The molecule has 2 heterocycles. The average Bonchev–Trinajstić information content (AvgIpc) is 2.96. The third-order valence-electron chi connectivity index (χ3n) is 4.73. The van der Waals surface area contributed by atoms with Crippen LogP contribution in [0.3, 0.4) is 0 Å². The van der Waals surface area contributed by atoms with Crippen LogP contribution in [0.15, 0.2) is 35.7 Å². The van der Waals surface area contributed by atoms with E-state index in [1.807, 2.05) is 17.0 Å². The molecule has 23 heavy (non-hydrogen) atoms. The molecule has 3 nitrogen and oxygen atoms in total. The third-order valence-corrected chi connectivity index (χ3v) is 5.71. The van der Waals surface area contributed by atoms with Gasteiger partial charge in [0.05, 0.1) is 6.04 Å². The zero-order valence-electron chi connectivity index (χ0n) is 13.8. The Balaban J connectivity index is 1.82. The largest absolute Gasteiger partial charge is 0.322 e. The summed E-state index contributed by atoms with van der Waals surface area (Å²) in [5.74, 6) is 0. The second-order valence-electron chi connectivity index (χ2n) is 6.25. The summed E-state index contributed by atoms with van der Waals surface area (Å²) in [6, 6.07) is 10.5. The summed E-state index contributed by atoms with van der Waals surface area (Å²) in [5.41, 5.74) is 3.26. The molecule has 0 radical (unpaired) electrons. The molecule has 2 aromatic rings. The van der Waals surface area contributed by atoms with Crippen molar-refractivity contribution in [1.29, 1.82) is 0 Å². The monoisotopic (exact) mass is 328 g/mol. The molecule has 1 saturated heterocycles. The first-order chi connectivity index (χ1) is 11.2. The summed E-state index contributed by atoms with van der Waals surface area (Å²) in [6.45, 7) is 4.97. The Kier molecular flexibility index (Phi) is 5.01. The molecule has 1 atom stereocenters. The van der Waals surface area contributed by atoms with E-state index in [2.05, 4.69) is 42.7 Å². The SMILES string of the molecule is Cc1cccc(NC(=O)N2CCCCCC2c2cccs2)c1C. The highest BCUT2D eigenvalue weighted by molar-refractivity contribution is 7.10. The van der Waals surface area contributed by atoms with Crippen molar-refractivity contribution in [2.24, 2.45) is 0 Å². The molecule has 0 saturated carbocycles. The number of likely N-dealkylation sites (tertiary alicyclic amines) is 1. The van der Waals surface area contributed by atoms with Crippen molar-refractivity contribution in [3.8, 4) is 0 Å². The number of carbonyl (C=O) groups is 1. The van der Waals surface area contributed by atoms with Crippen LogP contribution < -0.4 is 5.32 Å². The molecule has 1 aliphatic rings. The molecule has 3 rings (SSSR count). The molecular formula is C19H24N2OS. The van der Waals surface area contributed by atoms with Gasteiger partial charge < -0.3 is 10.2 Å². The van der Waals surface area contributed by atoms with Crippen molar-refractivity contribution in [2.45, 2.75) is 45.6 Å². The molecule has 1 N–H and O–H groups in total. The highest BCUT2D eigenvalue weighted by Gasteiger charge is 2.27. The average molecular weight is 328 g/mol. The predicted octanol–water partition coefficient (Wildman–Crippen LogP) is 5.51. The van der Waals surface area contributed by atoms with E-state index in [0.717, 1.165) is 30.6 Å². The number of urea groups is 1. The zero-order chi connectivity index (χ0) is 16.2. The lowest BCUT2D eigenvalue weighted by molar-refractivity contribution is 0.190. The van der Waals surface area contributed by atoms with Crippen LogP contribution in [-0.4, -0.2) is 17.5 Å². The normalized spacial score (nSPS) is 18.5. The topological polar surface area (TPSA) is 32.3 Å². The fraction of sp³-hybridized carbons (Fsp3) is 0.421. The fourth-order valence-corrected chi connectivity index (χ4v) is 4.08. The van der Waals surface area contributed by atoms with E-state index in [4.69, 9.17) is 0 Å². The van der Waals surface area contributed by atoms with Crippen molar-refractivity contribution in [1.82, 2.24) is 4.90 Å². The Labute approximate surface area is 142 Å². The molecular weight excluding hydrogens is 304 g/mol. The number of benzene rings is 1. The number of hydrogen-bond donors (Lipinski definition) is 1. The zero-order valence-corrected chi connectivity index (χ0v) is 14.7. The standard InChI is InChI=1S/C19H24N2OS/c1-14-8-6-9-16(15(14)2)20-19(22)21-12-5-3-4-10-17(21)18-11-7-13-23-18/h6-9,11,13,17H,3-5,10,12H2,1-2H3,(H,20,22). The van der Waals surface area contributed by atoms with Crippen LogP contribution in [0.2, 0.25) is 0 Å². The summed E-state index contributed by atoms with van der Waals surface area (Å²) in [6.07, 6.45) is 4.54. The number of rotatable bonds is 2. The number of nitrogens with one attached hydrogen (secondary N) is 1. The van der Waals surface area contributed by atoms with E-state index in [0.29, 0.717) is 0 Å². The Morgan fingerprint density at radius 3 is 2.83 bits per heavy atom. The molecule has 2 amide bonds. The maximum atomic E-state index is 12.9. The summed E-state index contributed by atoms with van der Waals surface area (Å²) in [7, 11) is 0. The number of amides is 2. The van der Waals surface area contributed by atoms with Crippen LogP contribution in [-0.2, 0) is 0 Å². The van der Waals surface area contributed by atoms with Gasteiger partial charge >= 0.3 is 6.03 Å². The van der Waals surface area contributed by atoms with Crippen molar-refractivity contribution >= 4 is 23.1 Å². The third kappa shape index (κ3) is 3.58. The minimum absolute atomic E-state index is 0.0269. The van der Waals surface area contributed by atoms with Crippen LogP contribution in [0, 0.1) is 13.8 Å². The van der Waals surface area contributed by atoms with Gasteiger partial charge in [-0.25, -0.2) is 4.79 Å². The maximum absolute atomic E-state index is 12.9. The van der Waals surface area contributed by atoms with Gasteiger partial charge in [0.25, 0.3) is 0 Å². The minimum atomic E-state index is 0.0269. The first-order valence-corrected chi connectivity index (χ1v) is 9.22. The lowest BCUT2D eigenvalue weighted by atomic mass is 10.1. The minimum Gasteiger partial charge on any atom is -0.317 e. The number of hydrogen-bond acceptors (Lipinski definition) is 2. The summed E-state index contributed by atoms with van der Waals surface area (Å²) in [5, 5.41) is 5.23. The van der Waals surface area contributed by atoms with Crippen molar-refractivity contribution in [3.63, 3.8) is 0 Å². The smallest absolute Gasteiger partial charge is 0.317 e. The molecule has 1 aromatic carbocycles. The Hall–Kier alpha value is -1.81. The van der Waals surface area contributed by atoms with Gasteiger partial charge in [-0.3, -0.25) is 0 Å². The van der Waals surface area contributed by atoms with E-state index >= 15 is 0 Å². The Morgan fingerprint density at radius 2 is 2.04 bits per heavy atom. The maximum Gasteiger partial charge on any atom is 0.322 e. The second-order valence-corrected chi connectivity index (χ2v) is 7.23. The Bertz CT molecular complexity index is 666. The number of aryl methyl sites for hydroxylation is 1. The van der Waals surface area contributed by atoms with E-state index in [1.54, 1.807) is 11.3 Å².